The fourth-order valence-electron chi connectivity index (χ4n) is 2.20. The molecule has 0 aliphatic carbocycles. The first-order chi connectivity index (χ1) is 13.2. The van der Waals surface area contributed by atoms with E-state index < -0.39 is 40.9 Å². The molecule has 150 valence electrons. The molecule has 2 rings (SSSR count). The van der Waals surface area contributed by atoms with Gasteiger partial charge in [0.15, 0.2) is 13.2 Å². The Morgan fingerprint density at radius 1 is 1.00 bits per heavy atom. The van der Waals surface area contributed by atoms with E-state index in [1.165, 1.54) is 0 Å². The minimum Gasteiger partial charge on any atom is -0.454 e. The molecule has 0 aliphatic rings. The van der Waals surface area contributed by atoms with Crippen LogP contribution in [0.3, 0.4) is 0 Å². The van der Waals surface area contributed by atoms with Crippen LogP contribution in [-0.2, 0) is 29.2 Å². The Morgan fingerprint density at radius 3 is 2.21 bits per heavy atom. The number of amides is 1. The molecule has 0 heterocycles. The van der Waals surface area contributed by atoms with Crippen molar-refractivity contribution in [1.82, 2.24) is 4.89 Å². The molecule has 10 heteroatoms. The zero-order valence-corrected chi connectivity index (χ0v) is 16.0. The van der Waals surface area contributed by atoms with Crippen LogP contribution < -0.4 is 10.2 Å². The smallest absolute Gasteiger partial charge is 0.334 e. The Balaban J connectivity index is 1.76. The minimum absolute atomic E-state index is 0.241. The predicted molar refractivity (Wildman–Crippen MR) is 98.2 cm³/mol. The maximum Gasteiger partial charge on any atom is 0.334 e. The lowest BCUT2D eigenvalue weighted by Crippen LogP contribution is -2.29. The standard InChI is InChI=1S/C18H19FN2O6S/c1-12-4-3-5-13(2)18(12)20-16(22)10-26-17(23)11-27-21-28(24,25)15-8-6-14(19)7-9-15/h3-9,21H,10-11H2,1-2H3,(H,20,22). The molecule has 2 aromatic carbocycles. The van der Waals surface area contributed by atoms with Gasteiger partial charge in [-0.3, -0.25) is 9.63 Å². The number of carbonyl (C=O) groups is 2. The van der Waals surface area contributed by atoms with Crippen molar-refractivity contribution in [3.05, 3.63) is 59.4 Å². The summed E-state index contributed by atoms with van der Waals surface area (Å²) in [5, 5.41) is 2.64. The Morgan fingerprint density at radius 2 is 1.61 bits per heavy atom. The lowest BCUT2D eigenvalue weighted by Gasteiger charge is -2.11. The van der Waals surface area contributed by atoms with Crippen molar-refractivity contribution in [2.75, 3.05) is 18.5 Å². The number of rotatable bonds is 8. The van der Waals surface area contributed by atoms with Gasteiger partial charge < -0.3 is 10.1 Å². The van der Waals surface area contributed by atoms with E-state index >= 15 is 0 Å². The normalized spacial score (nSPS) is 11.1. The molecule has 0 atom stereocenters. The summed E-state index contributed by atoms with van der Waals surface area (Å²) in [6.07, 6.45) is 0. The van der Waals surface area contributed by atoms with Gasteiger partial charge in [-0.1, -0.05) is 23.1 Å². The summed E-state index contributed by atoms with van der Waals surface area (Å²) in [5.74, 6) is -2.08. The molecule has 0 fully saturated rings. The molecule has 8 nitrogen and oxygen atoms in total. The number of carbonyl (C=O) groups excluding carboxylic acids is 2. The third kappa shape index (κ3) is 6.12. The number of aryl methyl sites for hydroxylation is 2. The van der Waals surface area contributed by atoms with Gasteiger partial charge in [-0.25, -0.2) is 17.6 Å². The quantitative estimate of drug-likeness (QED) is 0.507. The molecular weight excluding hydrogens is 391 g/mol. The number of para-hydroxylation sites is 1. The average molecular weight is 410 g/mol. The van der Waals surface area contributed by atoms with E-state index in [9.17, 15) is 22.4 Å². The van der Waals surface area contributed by atoms with E-state index in [1.807, 2.05) is 32.0 Å². The molecule has 0 aliphatic heterocycles. The van der Waals surface area contributed by atoms with Gasteiger partial charge in [0.2, 0.25) is 0 Å². The van der Waals surface area contributed by atoms with Crippen molar-refractivity contribution in [3.8, 4) is 0 Å². The molecule has 1 amide bonds. The van der Waals surface area contributed by atoms with E-state index in [1.54, 1.807) is 4.89 Å². The SMILES string of the molecule is Cc1cccc(C)c1NC(=O)COC(=O)CONS(=O)(=O)c1ccc(F)cc1. The molecule has 2 aromatic rings. The number of hydrogen-bond donors (Lipinski definition) is 2. The zero-order chi connectivity index (χ0) is 20.7. The van der Waals surface area contributed by atoms with Crippen LogP contribution in [0.5, 0.6) is 0 Å². The van der Waals surface area contributed by atoms with Crippen molar-refractivity contribution in [3.63, 3.8) is 0 Å². The van der Waals surface area contributed by atoms with Gasteiger partial charge in [0.05, 0.1) is 4.90 Å². The van der Waals surface area contributed by atoms with Crippen molar-refractivity contribution < 1.29 is 32.0 Å². The van der Waals surface area contributed by atoms with Crippen molar-refractivity contribution >= 4 is 27.6 Å². The summed E-state index contributed by atoms with van der Waals surface area (Å²) in [6.45, 7) is 2.35. The third-order valence-electron chi connectivity index (χ3n) is 3.59. The summed E-state index contributed by atoms with van der Waals surface area (Å²) < 4.78 is 41.3. The van der Waals surface area contributed by atoms with Crippen LogP contribution in [0.25, 0.3) is 0 Å². The van der Waals surface area contributed by atoms with Crippen LogP contribution in [0.4, 0.5) is 10.1 Å². The van der Waals surface area contributed by atoms with E-state index in [4.69, 9.17) is 4.74 Å². The number of benzene rings is 2. The zero-order valence-electron chi connectivity index (χ0n) is 15.2. The van der Waals surface area contributed by atoms with Crippen LogP contribution in [0.2, 0.25) is 0 Å². The Hall–Kier alpha value is -2.82. The maximum absolute atomic E-state index is 12.8. The van der Waals surface area contributed by atoms with E-state index in [0.29, 0.717) is 5.69 Å². The summed E-state index contributed by atoms with van der Waals surface area (Å²) in [4.78, 5) is 29.6. The third-order valence-corrected chi connectivity index (χ3v) is 4.82. The average Bonchev–Trinajstić information content (AvgIpc) is 2.63. The lowest BCUT2D eigenvalue weighted by molar-refractivity contribution is -0.152. The second-order valence-electron chi connectivity index (χ2n) is 5.81. The Kier molecular flexibility index (Phi) is 7.21. The highest BCUT2D eigenvalue weighted by Crippen LogP contribution is 2.19. The molecule has 2 N–H and O–H groups in total. The molecule has 0 radical (unpaired) electrons. The van der Waals surface area contributed by atoms with Gasteiger partial charge in [0.25, 0.3) is 15.9 Å². The van der Waals surface area contributed by atoms with Crippen molar-refractivity contribution in [1.29, 1.82) is 0 Å². The first kappa shape index (κ1) is 21.5. The number of ether oxygens (including phenoxy) is 1. The van der Waals surface area contributed by atoms with Gasteiger partial charge in [0, 0.05) is 5.69 Å². The largest absolute Gasteiger partial charge is 0.454 e. The number of nitrogens with one attached hydrogen (secondary N) is 2. The number of sulfonamides is 1. The molecule has 0 spiro atoms. The van der Waals surface area contributed by atoms with Crippen LogP contribution in [0, 0.1) is 19.7 Å². The molecule has 0 saturated heterocycles. The highest BCUT2D eigenvalue weighted by atomic mass is 32.2. The van der Waals surface area contributed by atoms with Gasteiger partial charge in [0.1, 0.15) is 5.82 Å². The maximum atomic E-state index is 12.8. The highest BCUT2D eigenvalue weighted by molar-refractivity contribution is 7.89. The summed E-state index contributed by atoms with van der Waals surface area (Å²) in [5.41, 5.74) is 2.35. The summed E-state index contributed by atoms with van der Waals surface area (Å²) >= 11 is 0. The van der Waals surface area contributed by atoms with Gasteiger partial charge in [-0.05, 0) is 49.2 Å². The van der Waals surface area contributed by atoms with Crippen molar-refractivity contribution in [2.45, 2.75) is 18.7 Å². The fraction of sp³-hybridized carbons (Fsp3) is 0.222. The van der Waals surface area contributed by atoms with Gasteiger partial charge >= 0.3 is 5.97 Å². The minimum atomic E-state index is -4.08. The summed E-state index contributed by atoms with van der Waals surface area (Å²) in [7, 11) is -4.08. The summed E-state index contributed by atoms with van der Waals surface area (Å²) in [6, 6.07) is 9.53. The first-order valence-electron chi connectivity index (χ1n) is 8.10. The lowest BCUT2D eigenvalue weighted by atomic mass is 10.1. The van der Waals surface area contributed by atoms with Crippen LogP contribution in [-0.4, -0.2) is 33.5 Å². The number of halogens is 1. The topological polar surface area (TPSA) is 111 Å². The Labute approximate surface area is 161 Å². The molecule has 0 unspecified atom stereocenters. The molecule has 0 bridgehead atoms. The van der Waals surface area contributed by atoms with E-state index in [-0.39, 0.29) is 4.90 Å². The molecule has 28 heavy (non-hydrogen) atoms. The highest BCUT2D eigenvalue weighted by Gasteiger charge is 2.16. The second kappa shape index (κ2) is 9.40. The number of anilines is 1. The molecule has 0 saturated carbocycles. The van der Waals surface area contributed by atoms with E-state index in [0.717, 1.165) is 35.4 Å². The monoisotopic (exact) mass is 410 g/mol. The number of esters is 1. The van der Waals surface area contributed by atoms with Crippen LogP contribution in [0.1, 0.15) is 11.1 Å². The van der Waals surface area contributed by atoms with Gasteiger partial charge in [-0.15, -0.1) is 0 Å². The molecular formula is C18H19FN2O6S. The number of hydrogen-bond acceptors (Lipinski definition) is 6. The van der Waals surface area contributed by atoms with Crippen LogP contribution in [0.15, 0.2) is 47.4 Å². The predicted octanol–water partition coefficient (Wildman–Crippen LogP) is 1.83. The van der Waals surface area contributed by atoms with Crippen molar-refractivity contribution in [2.24, 2.45) is 0 Å². The molecule has 0 aromatic heterocycles. The second-order valence-corrected chi connectivity index (χ2v) is 7.45. The fourth-order valence-corrected chi connectivity index (χ4v) is 3.01. The van der Waals surface area contributed by atoms with E-state index in [2.05, 4.69) is 10.2 Å². The van der Waals surface area contributed by atoms with Crippen LogP contribution >= 0.6 is 0 Å². The van der Waals surface area contributed by atoms with Gasteiger partial charge in [-0.2, -0.15) is 0 Å². The Bertz CT molecular complexity index is 940. The first-order valence-corrected chi connectivity index (χ1v) is 9.58.